The number of esters is 1. The second-order valence-corrected chi connectivity index (χ2v) is 18.5. The van der Waals surface area contributed by atoms with Gasteiger partial charge < -0.3 is 57.1 Å². The summed E-state index contributed by atoms with van der Waals surface area (Å²) >= 11 is 0. The number of piperidine rings is 1. The van der Waals surface area contributed by atoms with Gasteiger partial charge in [0.2, 0.25) is 47.3 Å². The van der Waals surface area contributed by atoms with Crippen molar-refractivity contribution in [2.45, 2.75) is 168 Å². The number of hydrogen-bond donors (Lipinski definition) is 8. The summed E-state index contributed by atoms with van der Waals surface area (Å²) in [5.74, 6) is -9.26. The monoisotopic (exact) mass is 929 g/mol. The Bertz CT molecular complexity index is 1910. The molecule has 0 spiro atoms. The second kappa shape index (κ2) is 24.7. The number of phenols is 1. The third-order valence-electron chi connectivity index (χ3n) is 12.4. The summed E-state index contributed by atoms with van der Waals surface area (Å²) in [4.78, 5) is 128. The minimum absolute atomic E-state index is 0.0228. The summed E-state index contributed by atoms with van der Waals surface area (Å²) in [7, 11) is 1.37. The molecule has 2 aliphatic heterocycles. The van der Waals surface area contributed by atoms with Crippen molar-refractivity contribution in [2.75, 3.05) is 7.05 Å². The van der Waals surface area contributed by atoms with Crippen LogP contribution in [0.3, 0.4) is 0 Å². The Balaban J connectivity index is 2.24. The van der Waals surface area contributed by atoms with Crippen LogP contribution in [0.1, 0.15) is 113 Å². The molecule has 2 heterocycles. The van der Waals surface area contributed by atoms with Gasteiger partial charge in [-0.1, -0.05) is 73.9 Å². The van der Waals surface area contributed by atoms with Gasteiger partial charge in [-0.05, 0) is 74.5 Å². The molecule has 2 saturated heterocycles. The number of carbonyl (C=O) groups is 9. The van der Waals surface area contributed by atoms with E-state index in [-0.39, 0.29) is 50.2 Å². The number of amides is 8. The van der Waals surface area contributed by atoms with Gasteiger partial charge in [-0.2, -0.15) is 0 Å². The molecule has 20 nitrogen and oxygen atoms in total. The van der Waals surface area contributed by atoms with E-state index < -0.39 is 126 Å². The highest BCUT2D eigenvalue weighted by Crippen LogP contribution is 2.28. The molecule has 66 heavy (non-hydrogen) atoms. The number of carbonyl (C=O) groups excluding carboxylic acids is 9. The average Bonchev–Trinajstić information content (AvgIpc) is 3.25. The first-order valence-corrected chi connectivity index (χ1v) is 23.0. The Hall–Kier alpha value is -5.79. The molecule has 0 saturated carbocycles. The lowest BCUT2D eigenvalue weighted by molar-refractivity contribution is -0.168. The van der Waals surface area contributed by atoms with E-state index >= 15 is 0 Å². The van der Waals surface area contributed by atoms with E-state index in [0.717, 1.165) is 9.80 Å². The number of primary amides is 1. The minimum atomic E-state index is -1.74. The van der Waals surface area contributed by atoms with Gasteiger partial charge in [0, 0.05) is 25.8 Å². The molecule has 2 aliphatic rings. The number of phenolic OH excluding ortho intramolecular Hbond substituents is 1. The molecule has 368 valence electrons. The first-order chi connectivity index (χ1) is 30.9. The number of hydrogen-bond acceptors (Lipinski definition) is 12. The third kappa shape index (κ3) is 14.6. The molecule has 0 radical (unpaired) electrons. The quantitative estimate of drug-likeness (QED) is 0.112. The molecule has 1 aromatic carbocycles. The lowest BCUT2D eigenvalue weighted by Gasteiger charge is -2.44. The van der Waals surface area contributed by atoms with E-state index in [1.54, 1.807) is 67.5 Å². The van der Waals surface area contributed by atoms with Crippen LogP contribution < -0.4 is 32.3 Å². The number of nitrogens with zero attached hydrogens (tertiary/aromatic N) is 2. The topological polar surface area (TPSA) is 296 Å². The van der Waals surface area contributed by atoms with Gasteiger partial charge in [0.1, 0.15) is 60.4 Å². The number of fused-ring (bicyclic) bond motifs is 2. The Labute approximate surface area is 387 Å². The summed E-state index contributed by atoms with van der Waals surface area (Å²) in [6, 6.07) is -3.82. The molecule has 2 fully saturated rings. The molecule has 8 amide bonds. The molecule has 0 aliphatic carbocycles. The Morgan fingerprint density at radius 1 is 0.864 bits per heavy atom. The fraction of sp³-hybridized carbons (Fsp3) is 0.674. The number of nitrogens with two attached hydrogens (primary N) is 1. The van der Waals surface area contributed by atoms with Gasteiger partial charge in [0.15, 0.2) is 0 Å². The Morgan fingerprint density at radius 3 is 2.06 bits per heavy atom. The van der Waals surface area contributed by atoms with Crippen LogP contribution >= 0.6 is 0 Å². The van der Waals surface area contributed by atoms with Crippen molar-refractivity contribution >= 4 is 53.2 Å². The Kier molecular flexibility index (Phi) is 20.4. The first kappa shape index (κ1) is 54.5. The molecule has 1 aromatic rings. The largest absolute Gasteiger partial charge is 0.508 e. The molecule has 2 bridgehead atoms. The molecule has 0 aromatic heterocycles. The fourth-order valence-corrected chi connectivity index (χ4v) is 7.86. The van der Waals surface area contributed by atoms with Gasteiger partial charge in [0.25, 0.3) is 0 Å². The standard InChI is InChI=1S/C46H72N8O12/c1-11-25(7)38-45(64)53(10)33(22-28-13-15-29(55)16-14-28)42(61)51-36(24(5)6)46(65)66-27(9)37(52-40(59)30(17-19-34(47)56)48-39(58)26(8)12-2)43(62)50-32(21-23(3)4)41(60)49-31-18-20-35(57)54(38)44(31)63/h13-16,23-27,30-33,35-38,55,57H,11-12,17-22H2,1-10H3,(H2,47,56)(H,48,58)(H,49,60)(H,50,62)(H,51,61)(H,52,59)/t25?,26?,27-,30+,31?,32+,33+,35+,36+,37+,38+/m1/s1. The zero-order valence-electron chi connectivity index (χ0n) is 39.9. The number of aliphatic hydroxyl groups excluding tert-OH is 1. The van der Waals surface area contributed by atoms with Gasteiger partial charge in [0.05, 0.1) is 0 Å². The van der Waals surface area contributed by atoms with Crippen LogP contribution in [0.25, 0.3) is 0 Å². The van der Waals surface area contributed by atoms with E-state index in [0.29, 0.717) is 18.4 Å². The number of ether oxygens (including phenoxy) is 1. The number of rotatable bonds is 15. The SMILES string of the molecule is CCC(C)C(=O)N[C@@H](CCC(N)=O)C(=O)N[C@@H]1C(=O)N[C@@H](CC(C)C)C(=O)NC2CC[C@H](O)N(C2=O)[C@@H](C(C)CC)C(=O)N(C)[C@@H](Cc2ccc(O)cc2)C(=O)N[C@@H](C(C)C)C(=O)O[C@@H]1C. The van der Waals surface area contributed by atoms with Crippen molar-refractivity contribution in [1.82, 2.24) is 36.4 Å². The number of cyclic esters (lactones) is 1. The minimum Gasteiger partial charge on any atom is -0.508 e. The van der Waals surface area contributed by atoms with Crippen LogP contribution in [0, 0.1) is 23.7 Å². The van der Waals surface area contributed by atoms with Crippen LogP contribution in [0.4, 0.5) is 0 Å². The van der Waals surface area contributed by atoms with Crippen molar-refractivity contribution in [3.63, 3.8) is 0 Å². The predicted molar refractivity (Wildman–Crippen MR) is 241 cm³/mol. The predicted octanol–water partition coefficient (Wildman–Crippen LogP) is 0.500. The summed E-state index contributed by atoms with van der Waals surface area (Å²) in [6.07, 6.45) is -2.86. The van der Waals surface area contributed by atoms with Crippen molar-refractivity contribution in [1.29, 1.82) is 0 Å². The number of likely N-dealkylation sites (N-methyl/N-ethyl adjacent to an activating group) is 1. The normalized spacial score (nSPS) is 26.4. The van der Waals surface area contributed by atoms with E-state index in [4.69, 9.17) is 10.5 Å². The number of aliphatic hydroxyl groups is 1. The van der Waals surface area contributed by atoms with Gasteiger partial charge in [-0.25, -0.2) is 4.79 Å². The molecule has 9 N–H and O–H groups in total. The van der Waals surface area contributed by atoms with Crippen LogP contribution in [-0.2, 0) is 54.3 Å². The highest BCUT2D eigenvalue weighted by Gasteiger charge is 2.47. The van der Waals surface area contributed by atoms with Crippen molar-refractivity contribution in [3.8, 4) is 5.75 Å². The van der Waals surface area contributed by atoms with Crippen molar-refractivity contribution in [2.24, 2.45) is 29.4 Å². The van der Waals surface area contributed by atoms with E-state index in [2.05, 4.69) is 26.6 Å². The van der Waals surface area contributed by atoms with E-state index in [9.17, 15) is 53.4 Å². The number of benzene rings is 1. The zero-order valence-corrected chi connectivity index (χ0v) is 39.9. The molecule has 20 heteroatoms. The average molecular weight is 929 g/mol. The third-order valence-corrected chi connectivity index (χ3v) is 12.4. The lowest BCUT2D eigenvalue weighted by atomic mass is 9.91. The second-order valence-electron chi connectivity index (χ2n) is 18.5. The molecule has 3 rings (SSSR count). The van der Waals surface area contributed by atoms with Gasteiger partial charge in [-0.3, -0.25) is 38.4 Å². The van der Waals surface area contributed by atoms with Gasteiger partial charge >= 0.3 is 5.97 Å². The maximum Gasteiger partial charge on any atom is 0.329 e. The van der Waals surface area contributed by atoms with E-state index in [1.165, 1.54) is 26.1 Å². The summed E-state index contributed by atoms with van der Waals surface area (Å²) < 4.78 is 5.86. The highest BCUT2D eigenvalue weighted by molar-refractivity contribution is 5.98. The fourth-order valence-electron chi connectivity index (χ4n) is 7.86. The van der Waals surface area contributed by atoms with Crippen LogP contribution in [0.5, 0.6) is 5.75 Å². The van der Waals surface area contributed by atoms with E-state index in [1.807, 2.05) is 0 Å². The van der Waals surface area contributed by atoms with Crippen molar-refractivity contribution < 1.29 is 58.1 Å². The number of nitrogens with one attached hydrogen (secondary N) is 5. The first-order valence-electron chi connectivity index (χ1n) is 23.0. The summed E-state index contributed by atoms with van der Waals surface area (Å²) in [6.45, 7) is 15.1. The molecular formula is C46H72N8O12. The zero-order chi connectivity index (χ0) is 49.7. The smallest absolute Gasteiger partial charge is 0.329 e. The molecular weight excluding hydrogens is 857 g/mol. The lowest BCUT2D eigenvalue weighted by Crippen LogP contribution is -2.66. The summed E-state index contributed by atoms with van der Waals surface area (Å²) in [5.41, 5.74) is 5.91. The highest BCUT2D eigenvalue weighted by atomic mass is 16.5. The molecule has 11 atom stereocenters. The van der Waals surface area contributed by atoms with Crippen LogP contribution in [-0.4, -0.2) is 135 Å². The molecule has 3 unspecified atom stereocenters. The maximum absolute atomic E-state index is 14.8. The van der Waals surface area contributed by atoms with Crippen LogP contribution in [0.15, 0.2) is 24.3 Å². The number of aromatic hydroxyl groups is 1. The summed E-state index contributed by atoms with van der Waals surface area (Å²) in [5, 5.41) is 34.6. The van der Waals surface area contributed by atoms with Crippen LogP contribution in [0.2, 0.25) is 0 Å². The van der Waals surface area contributed by atoms with Crippen molar-refractivity contribution in [3.05, 3.63) is 29.8 Å². The Morgan fingerprint density at radius 2 is 1.50 bits per heavy atom. The maximum atomic E-state index is 14.8. The van der Waals surface area contributed by atoms with Gasteiger partial charge in [-0.15, -0.1) is 0 Å².